The minimum Gasteiger partial charge on any atom is -0.496 e. The molecule has 0 bridgehead atoms. The van der Waals surface area contributed by atoms with Crippen LogP contribution in [0.1, 0.15) is 15.9 Å². The topological polar surface area (TPSA) is 72.5 Å². The summed E-state index contributed by atoms with van der Waals surface area (Å²) in [5, 5.41) is 1.71. The molecule has 0 amide bonds. The second-order valence-corrected chi connectivity index (χ2v) is 6.70. The van der Waals surface area contributed by atoms with Gasteiger partial charge in [0.25, 0.3) is 0 Å². The molecule has 0 fully saturated rings. The second-order valence-electron chi connectivity index (χ2n) is 6.70. The first kappa shape index (κ1) is 17.5. The maximum Gasteiger partial charge on any atom is 0.339 e. The minimum atomic E-state index is -0.369. The molecule has 0 N–H and O–H groups in total. The van der Waals surface area contributed by atoms with Crippen LogP contribution in [0.3, 0.4) is 0 Å². The molecular weight excluding hydrogens is 376 g/mol. The lowest BCUT2D eigenvalue weighted by atomic mass is 9.89. The van der Waals surface area contributed by atoms with Crippen LogP contribution in [0.4, 0.5) is 0 Å². The van der Waals surface area contributed by atoms with E-state index in [1.807, 2.05) is 24.3 Å². The maximum absolute atomic E-state index is 12.6. The van der Waals surface area contributed by atoms with Gasteiger partial charge in [-0.2, -0.15) is 0 Å². The van der Waals surface area contributed by atoms with Crippen LogP contribution in [0.2, 0.25) is 0 Å². The number of benzene rings is 3. The number of carbonyl (C=O) groups is 1. The van der Waals surface area contributed by atoms with Crippen molar-refractivity contribution in [1.29, 1.82) is 0 Å². The van der Waals surface area contributed by atoms with Crippen molar-refractivity contribution in [3.05, 3.63) is 41.5 Å². The van der Waals surface area contributed by atoms with Crippen LogP contribution in [0.5, 0.6) is 28.7 Å². The van der Waals surface area contributed by atoms with Gasteiger partial charge in [-0.1, -0.05) is 0 Å². The summed E-state index contributed by atoms with van der Waals surface area (Å²) in [6, 6.07) is 9.29. The second kappa shape index (κ2) is 6.48. The smallest absolute Gasteiger partial charge is 0.339 e. The molecule has 2 aliphatic rings. The van der Waals surface area contributed by atoms with E-state index in [2.05, 4.69) is 0 Å². The zero-order chi connectivity index (χ0) is 20.1. The Bertz CT molecular complexity index is 1170. The van der Waals surface area contributed by atoms with E-state index in [-0.39, 0.29) is 19.4 Å². The molecule has 148 valence electrons. The molecule has 3 aromatic rings. The van der Waals surface area contributed by atoms with E-state index in [1.54, 1.807) is 27.4 Å². The van der Waals surface area contributed by atoms with E-state index in [4.69, 9.17) is 28.4 Å². The zero-order valence-corrected chi connectivity index (χ0v) is 16.2. The largest absolute Gasteiger partial charge is 0.496 e. The highest BCUT2D eigenvalue weighted by molar-refractivity contribution is 6.12. The summed E-state index contributed by atoms with van der Waals surface area (Å²) >= 11 is 0. The van der Waals surface area contributed by atoms with Crippen LogP contribution in [-0.2, 0) is 11.3 Å². The van der Waals surface area contributed by atoms with Crippen molar-refractivity contribution in [2.45, 2.75) is 6.61 Å². The molecule has 0 saturated carbocycles. The summed E-state index contributed by atoms with van der Waals surface area (Å²) in [7, 11) is 4.74. The van der Waals surface area contributed by atoms with Gasteiger partial charge < -0.3 is 28.4 Å². The number of rotatable bonds is 4. The molecule has 0 saturated heterocycles. The Morgan fingerprint density at radius 3 is 2.17 bits per heavy atom. The van der Waals surface area contributed by atoms with Gasteiger partial charge in [0, 0.05) is 22.8 Å². The molecule has 0 radical (unpaired) electrons. The monoisotopic (exact) mass is 394 g/mol. The van der Waals surface area contributed by atoms with Crippen LogP contribution in [0.15, 0.2) is 30.3 Å². The molecule has 3 aromatic carbocycles. The van der Waals surface area contributed by atoms with Crippen LogP contribution < -0.4 is 23.7 Å². The van der Waals surface area contributed by atoms with Crippen molar-refractivity contribution >= 4 is 16.7 Å². The van der Waals surface area contributed by atoms with E-state index >= 15 is 0 Å². The van der Waals surface area contributed by atoms with E-state index < -0.39 is 0 Å². The molecule has 0 aromatic heterocycles. The summed E-state index contributed by atoms with van der Waals surface area (Å²) < 4.78 is 32.9. The molecule has 0 unspecified atom stereocenters. The average Bonchev–Trinajstić information content (AvgIpc) is 3.36. The Balaban J connectivity index is 1.90. The Hall–Kier alpha value is -3.61. The average molecular weight is 394 g/mol. The fourth-order valence-corrected chi connectivity index (χ4v) is 3.92. The van der Waals surface area contributed by atoms with Crippen molar-refractivity contribution in [2.24, 2.45) is 0 Å². The first-order valence-electron chi connectivity index (χ1n) is 9.01. The lowest BCUT2D eigenvalue weighted by molar-refractivity contribution is 0.0535. The van der Waals surface area contributed by atoms with Gasteiger partial charge in [0.1, 0.15) is 12.4 Å². The molecule has 7 heteroatoms. The molecule has 2 aliphatic heterocycles. The third-order valence-electron chi connectivity index (χ3n) is 5.25. The van der Waals surface area contributed by atoms with Gasteiger partial charge in [-0.3, -0.25) is 0 Å². The van der Waals surface area contributed by atoms with Crippen LogP contribution >= 0.6 is 0 Å². The third kappa shape index (κ3) is 2.54. The fourth-order valence-electron chi connectivity index (χ4n) is 3.92. The van der Waals surface area contributed by atoms with E-state index in [0.717, 1.165) is 16.3 Å². The summed E-state index contributed by atoms with van der Waals surface area (Å²) in [4.78, 5) is 12.6. The number of ether oxygens (including phenoxy) is 6. The standard InChI is InChI=1S/C22H18O7/c1-24-15-8-19-18(28-10-29-19)7-14(15)21-13-6-17(26-3)16(25-2)5-11(13)4-12-9-27-22(23)20(12)21/h4-8H,9-10H2,1-3H3. The Labute approximate surface area is 166 Å². The predicted molar refractivity (Wildman–Crippen MR) is 104 cm³/mol. The maximum atomic E-state index is 12.6. The first-order chi connectivity index (χ1) is 14.1. The highest BCUT2D eigenvalue weighted by Gasteiger charge is 2.31. The lowest BCUT2D eigenvalue weighted by Gasteiger charge is -2.17. The number of hydrogen-bond donors (Lipinski definition) is 0. The molecule has 7 nitrogen and oxygen atoms in total. The van der Waals surface area contributed by atoms with Crippen molar-refractivity contribution in [1.82, 2.24) is 0 Å². The zero-order valence-electron chi connectivity index (χ0n) is 16.2. The van der Waals surface area contributed by atoms with Crippen molar-refractivity contribution in [2.75, 3.05) is 28.1 Å². The normalized spacial score (nSPS) is 14.0. The number of cyclic esters (lactones) is 1. The highest BCUT2D eigenvalue weighted by atomic mass is 16.7. The van der Waals surface area contributed by atoms with E-state index in [0.29, 0.717) is 45.4 Å². The summed E-state index contributed by atoms with van der Waals surface area (Å²) in [5.41, 5.74) is 2.74. The summed E-state index contributed by atoms with van der Waals surface area (Å²) in [6.45, 7) is 0.362. The minimum absolute atomic E-state index is 0.142. The van der Waals surface area contributed by atoms with Gasteiger partial charge >= 0.3 is 5.97 Å². The van der Waals surface area contributed by atoms with Crippen molar-refractivity contribution in [3.63, 3.8) is 0 Å². The molecule has 5 rings (SSSR count). The molecule has 0 atom stereocenters. The molecule has 0 aliphatic carbocycles. The van der Waals surface area contributed by atoms with Gasteiger partial charge in [0.05, 0.1) is 26.9 Å². The first-order valence-corrected chi connectivity index (χ1v) is 9.01. The van der Waals surface area contributed by atoms with Gasteiger partial charge in [-0.25, -0.2) is 4.79 Å². The number of methoxy groups -OCH3 is 3. The molecule has 2 heterocycles. The van der Waals surface area contributed by atoms with Crippen LogP contribution in [0.25, 0.3) is 21.9 Å². The number of esters is 1. The SMILES string of the molecule is COc1cc2cc3c(c(-c4cc5c(cc4OC)OCO5)c2cc1OC)C(=O)OC3. The lowest BCUT2D eigenvalue weighted by Crippen LogP contribution is -2.01. The van der Waals surface area contributed by atoms with Gasteiger partial charge in [0.2, 0.25) is 6.79 Å². The van der Waals surface area contributed by atoms with E-state index in [9.17, 15) is 4.79 Å². The Kier molecular flexibility index (Phi) is 3.91. The van der Waals surface area contributed by atoms with Crippen LogP contribution in [0, 0.1) is 0 Å². The van der Waals surface area contributed by atoms with Gasteiger partial charge in [0.15, 0.2) is 23.0 Å². The van der Waals surface area contributed by atoms with Crippen molar-refractivity contribution in [3.8, 4) is 39.9 Å². The predicted octanol–water partition coefficient (Wildman–Crippen LogP) is 3.93. The fraction of sp³-hybridized carbons (Fsp3) is 0.227. The summed E-state index contributed by atoms with van der Waals surface area (Å²) in [6.07, 6.45) is 0. The number of hydrogen-bond acceptors (Lipinski definition) is 7. The van der Waals surface area contributed by atoms with Crippen LogP contribution in [-0.4, -0.2) is 34.1 Å². The molecule has 29 heavy (non-hydrogen) atoms. The molecular formula is C22H18O7. The summed E-state index contributed by atoms with van der Waals surface area (Å²) in [5.74, 6) is 2.56. The quantitative estimate of drug-likeness (QED) is 0.621. The Morgan fingerprint density at radius 2 is 1.45 bits per heavy atom. The van der Waals surface area contributed by atoms with E-state index in [1.165, 1.54) is 0 Å². The third-order valence-corrected chi connectivity index (χ3v) is 5.25. The number of fused-ring (bicyclic) bond motifs is 3. The highest BCUT2D eigenvalue weighted by Crippen LogP contribution is 2.48. The van der Waals surface area contributed by atoms with Gasteiger partial charge in [-0.05, 0) is 35.0 Å². The molecule has 0 spiro atoms. The van der Waals surface area contributed by atoms with Gasteiger partial charge in [-0.15, -0.1) is 0 Å². The van der Waals surface area contributed by atoms with Crippen molar-refractivity contribution < 1.29 is 33.2 Å². The Morgan fingerprint density at radius 1 is 0.759 bits per heavy atom. The number of carbonyl (C=O) groups excluding carboxylic acids is 1.